The van der Waals surface area contributed by atoms with Crippen LogP contribution in [0.4, 0.5) is 5.69 Å². The normalized spacial score (nSPS) is 10.5. The number of rotatable bonds is 7. The van der Waals surface area contributed by atoms with E-state index < -0.39 is 5.92 Å². The van der Waals surface area contributed by atoms with Crippen LogP contribution >= 0.6 is 0 Å². The summed E-state index contributed by atoms with van der Waals surface area (Å²) in [6, 6.07) is 30.4. The molecule has 0 aliphatic carbocycles. The molecule has 32 heavy (non-hydrogen) atoms. The first kappa shape index (κ1) is 21.0. The van der Waals surface area contributed by atoms with Gasteiger partial charge in [-0.2, -0.15) is 0 Å². The number of carbonyl (C=O) groups is 2. The highest BCUT2D eigenvalue weighted by molar-refractivity contribution is 5.98. The quantitative estimate of drug-likeness (QED) is 0.451. The number of benzene rings is 3. The lowest BCUT2D eigenvalue weighted by atomic mass is 9.90. The number of pyridine rings is 1. The summed E-state index contributed by atoms with van der Waals surface area (Å²) in [4.78, 5) is 29.5. The molecule has 4 aromatic rings. The van der Waals surface area contributed by atoms with E-state index in [0.29, 0.717) is 17.8 Å². The fraction of sp³-hybridized carbons (Fsp3) is 0.0741. The monoisotopic (exact) mass is 421 g/mol. The first-order valence-corrected chi connectivity index (χ1v) is 10.4. The molecular weight excluding hydrogens is 398 g/mol. The maximum Gasteiger partial charge on any atom is 0.253 e. The Balaban J connectivity index is 1.48. The third-order valence-corrected chi connectivity index (χ3v) is 5.10. The van der Waals surface area contributed by atoms with E-state index in [-0.39, 0.29) is 11.8 Å². The lowest BCUT2D eigenvalue weighted by molar-refractivity contribution is -0.116. The molecule has 0 bridgehead atoms. The maximum atomic E-state index is 13.3. The molecule has 0 atom stereocenters. The molecule has 0 aliphatic rings. The Bertz CT molecular complexity index is 1140. The largest absolute Gasteiger partial charge is 0.348 e. The van der Waals surface area contributed by atoms with Crippen LogP contribution in [0.5, 0.6) is 0 Å². The SMILES string of the molecule is O=C(NCc1cccc(NC(=O)C(c2ccccc2)c2ccccc2)c1)c1cccnc1. The Morgan fingerprint density at radius 1 is 0.781 bits per heavy atom. The molecule has 4 rings (SSSR count). The molecule has 158 valence electrons. The van der Waals surface area contributed by atoms with Crippen LogP contribution in [0.1, 0.15) is 33.0 Å². The van der Waals surface area contributed by atoms with E-state index in [0.717, 1.165) is 16.7 Å². The van der Waals surface area contributed by atoms with Gasteiger partial charge >= 0.3 is 0 Å². The summed E-state index contributed by atoms with van der Waals surface area (Å²) in [5.74, 6) is -0.731. The van der Waals surface area contributed by atoms with Gasteiger partial charge in [-0.05, 0) is 41.0 Å². The van der Waals surface area contributed by atoms with Gasteiger partial charge in [0.05, 0.1) is 11.5 Å². The highest BCUT2D eigenvalue weighted by Crippen LogP contribution is 2.26. The molecular formula is C27H23N3O2. The highest BCUT2D eigenvalue weighted by Gasteiger charge is 2.22. The number of hydrogen-bond acceptors (Lipinski definition) is 3. The number of nitrogens with one attached hydrogen (secondary N) is 2. The first-order valence-electron chi connectivity index (χ1n) is 10.4. The second-order valence-corrected chi connectivity index (χ2v) is 7.37. The van der Waals surface area contributed by atoms with Crippen LogP contribution in [-0.2, 0) is 11.3 Å². The summed E-state index contributed by atoms with van der Waals surface area (Å²) in [6.45, 7) is 0.345. The second-order valence-electron chi connectivity index (χ2n) is 7.37. The van der Waals surface area contributed by atoms with Gasteiger partial charge in [0.2, 0.25) is 5.91 Å². The van der Waals surface area contributed by atoms with Crippen LogP contribution in [0.3, 0.4) is 0 Å². The van der Waals surface area contributed by atoms with Crippen molar-refractivity contribution in [3.05, 3.63) is 132 Å². The van der Waals surface area contributed by atoms with Gasteiger partial charge in [0.25, 0.3) is 5.91 Å². The van der Waals surface area contributed by atoms with E-state index in [1.54, 1.807) is 18.3 Å². The van der Waals surface area contributed by atoms with Gasteiger partial charge in [-0.1, -0.05) is 72.8 Å². The fourth-order valence-corrected chi connectivity index (χ4v) is 3.54. The van der Waals surface area contributed by atoms with Crippen molar-refractivity contribution in [2.75, 3.05) is 5.32 Å². The van der Waals surface area contributed by atoms with Gasteiger partial charge in [0.15, 0.2) is 0 Å². The number of carbonyl (C=O) groups excluding carboxylic acids is 2. The van der Waals surface area contributed by atoms with Crippen LogP contribution in [0.25, 0.3) is 0 Å². The number of aromatic nitrogens is 1. The number of hydrogen-bond donors (Lipinski definition) is 2. The molecule has 5 nitrogen and oxygen atoms in total. The predicted octanol–water partition coefficient (Wildman–Crippen LogP) is 4.78. The molecule has 0 saturated heterocycles. The van der Waals surface area contributed by atoms with E-state index in [9.17, 15) is 9.59 Å². The van der Waals surface area contributed by atoms with E-state index in [1.807, 2.05) is 84.9 Å². The van der Waals surface area contributed by atoms with Gasteiger partial charge in [-0.25, -0.2) is 0 Å². The fourth-order valence-electron chi connectivity index (χ4n) is 3.54. The van der Waals surface area contributed by atoms with E-state index in [2.05, 4.69) is 15.6 Å². The molecule has 0 saturated carbocycles. The van der Waals surface area contributed by atoms with Gasteiger partial charge in [0.1, 0.15) is 0 Å². The van der Waals surface area contributed by atoms with E-state index in [4.69, 9.17) is 0 Å². The molecule has 0 fully saturated rings. The van der Waals surface area contributed by atoms with Crippen LogP contribution in [0, 0.1) is 0 Å². The average molecular weight is 422 g/mol. The molecule has 0 spiro atoms. The summed E-state index contributed by atoms with van der Waals surface area (Å²) in [6.07, 6.45) is 3.15. The molecule has 5 heteroatoms. The molecule has 0 unspecified atom stereocenters. The maximum absolute atomic E-state index is 13.3. The van der Waals surface area contributed by atoms with Crippen molar-refractivity contribution < 1.29 is 9.59 Å². The summed E-state index contributed by atoms with van der Waals surface area (Å²) < 4.78 is 0. The van der Waals surface area contributed by atoms with Crippen LogP contribution < -0.4 is 10.6 Å². The average Bonchev–Trinajstić information content (AvgIpc) is 2.85. The summed E-state index contributed by atoms with van der Waals surface area (Å²) in [5, 5.41) is 5.92. The van der Waals surface area contributed by atoms with Gasteiger partial charge < -0.3 is 10.6 Å². The smallest absolute Gasteiger partial charge is 0.253 e. The highest BCUT2D eigenvalue weighted by atomic mass is 16.2. The van der Waals surface area contributed by atoms with Crippen molar-refractivity contribution in [2.45, 2.75) is 12.5 Å². The van der Waals surface area contributed by atoms with E-state index in [1.165, 1.54) is 6.20 Å². The molecule has 0 aliphatic heterocycles. The van der Waals surface area contributed by atoms with Crippen LogP contribution in [0.2, 0.25) is 0 Å². The van der Waals surface area contributed by atoms with Gasteiger partial charge in [0, 0.05) is 24.6 Å². The Hall–Kier alpha value is -4.25. The van der Waals surface area contributed by atoms with Crippen LogP contribution in [-0.4, -0.2) is 16.8 Å². The Kier molecular flexibility index (Phi) is 6.68. The standard InChI is InChI=1S/C27H23N3O2/c31-26(23-14-8-16-28-19-23)29-18-20-9-7-15-24(17-20)30-27(32)25(21-10-3-1-4-11-21)22-12-5-2-6-13-22/h1-17,19,25H,18H2,(H,29,31)(H,30,32). The Labute approximate surface area is 187 Å². The molecule has 1 heterocycles. The minimum Gasteiger partial charge on any atom is -0.348 e. The Morgan fingerprint density at radius 2 is 1.47 bits per heavy atom. The summed E-state index contributed by atoms with van der Waals surface area (Å²) in [5.41, 5.74) is 3.92. The zero-order chi connectivity index (χ0) is 22.2. The third kappa shape index (κ3) is 5.26. The number of amides is 2. The Morgan fingerprint density at radius 3 is 2.09 bits per heavy atom. The molecule has 3 aromatic carbocycles. The second kappa shape index (κ2) is 10.2. The van der Waals surface area contributed by atoms with Gasteiger partial charge in [-0.3, -0.25) is 14.6 Å². The zero-order valence-electron chi connectivity index (χ0n) is 17.4. The molecule has 0 radical (unpaired) electrons. The minimum absolute atomic E-state index is 0.112. The lowest BCUT2D eigenvalue weighted by Crippen LogP contribution is -2.23. The molecule has 1 aromatic heterocycles. The van der Waals surface area contributed by atoms with E-state index >= 15 is 0 Å². The summed E-state index contributed by atoms with van der Waals surface area (Å²) in [7, 11) is 0. The predicted molar refractivity (Wildman–Crippen MR) is 125 cm³/mol. The number of anilines is 1. The first-order chi connectivity index (χ1) is 15.7. The molecule has 2 amide bonds. The lowest BCUT2D eigenvalue weighted by Gasteiger charge is -2.18. The van der Waals surface area contributed by atoms with Crippen molar-refractivity contribution >= 4 is 17.5 Å². The van der Waals surface area contributed by atoms with Gasteiger partial charge in [-0.15, -0.1) is 0 Å². The number of nitrogens with zero attached hydrogens (tertiary/aromatic N) is 1. The van der Waals surface area contributed by atoms with Crippen molar-refractivity contribution in [3.63, 3.8) is 0 Å². The third-order valence-electron chi connectivity index (χ3n) is 5.10. The molecule has 2 N–H and O–H groups in total. The topological polar surface area (TPSA) is 71.1 Å². The minimum atomic E-state index is -0.425. The summed E-state index contributed by atoms with van der Waals surface area (Å²) >= 11 is 0. The zero-order valence-corrected chi connectivity index (χ0v) is 17.4. The van der Waals surface area contributed by atoms with Crippen molar-refractivity contribution in [2.24, 2.45) is 0 Å². The van der Waals surface area contributed by atoms with Crippen molar-refractivity contribution in [1.82, 2.24) is 10.3 Å². The van der Waals surface area contributed by atoms with Crippen LogP contribution in [0.15, 0.2) is 109 Å². The van der Waals surface area contributed by atoms with Crippen molar-refractivity contribution in [3.8, 4) is 0 Å². The van der Waals surface area contributed by atoms with Crippen molar-refractivity contribution in [1.29, 1.82) is 0 Å².